The number of carboxylic acid groups (broad SMARTS) is 1. The molecule has 0 aliphatic rings. The van der Waals surface area contributed by atoms with Crippen LogP contribution in [0.1, 0.15) is 16.9 Å². The van der Waals surface area contributed by atoms with E-state index in [1.165, 1.54) is 11.0 Å². The topological polar surface area (TPSA) is 97.1 Å². The minimum Gasteiger partial charge on any atom is -0.481 e. The van der Waals surface area contributed by atoms with Crippen molar-refractivity contribution >= 4 is 11.9 Å². The van der Waals surface area contributed by atoms with E-state index in [-0.39, 0.29) is 18.7 Å². The zero-order valence-corrected chi connectivity index (χ0v) is 9.98. The third kappa shape index (κ3) is 3.38. The van der Waals surface area contributed by atoms with Crippen molar-refractivity contribution < 1.29 is 14.7 Å². The van der Waals surface area contributed by atoms with Gasteiger partial charge in [-0.25, -0.2) is 0 Å². The van der Waals surface area contributed by atoms with Crippen LogP contribution in [0.3, 0.4) is 0 Å². The van der Waals surface area contributed by atoms with E-state index in [1.54, 1.807) is 0 Å². The summed E-state index contributed by atoms with van der Waals surface area (Å²) in [4.78, 5) is 23.3. The number of carbonyl (C=O) groups excluding carboxylic acids is 1. The molecule has 0 atom stereocenters. The van der Waals surface area contributed by atoms with Gasteiger partial charge >= 0.3 is 5.97 Å². The number of rotatable bonds is 5. The second kappa shape index (κ2) is 5.76. The average Bonchev–Trinajstić information content (AvgIpc) is 2.89. The second-order valence-electron chi connectivity index (χ2n) is 3.75. The lowest BCUT2D eigenvalue weighted by atomic mass is 10.3. The normalized spacial score (nSPS) is 10.1. The molecule has 19 heavy (non-hydrogen) atoms. The molecule has 0 fully saturated rings. The first-order valence-corrected chi connectivity index (χ1v) is 5.64. The minimum atomic E-state index is -0.965. The van der Waals surface area contributed by atoms with E-state index in [4.69, 9.17) is 5.11 Å². The summed E-state index contributed by atoms with van der Waals surface area (Å²) < 4.78 is 0. The van der Waals surface area contributed by atoms with Crippen molar-refractivity contribution in [2.45, 2.75) is 6.42 Å². The molecule has 1 amide bonds. The molecule has 0 aliphatic heterocycles. The summed E-state index contributed by atoms with van der Waals surface area (Å²) in [5, 5.41) is 18.9. The number of nitrogens with one attached hydrogen (secondary N) is 1. The molecule has 2 aromatic rings. The Labute approximate surface area is 108 Å². The van der Waals surface area contributed by atoms with Crippen LogP contribution < -0.4 is 5.32 Å². The number of hydrogen-bond donors (Lipinski definition) is 2. The van der Waals surface area contributed by atoms with Gasteiger partial charge in [0.1, 0.15) is 0 Å². The van der Waals surface area contributed by atoms with Gasteiger partial charge in [0.2, 0.25) is 0 Å². The van der Waals surface area contributed by atoms with Crippen molar-refractivity contribution in [3.05, 3.63) is 42.2 Å². The minimum absolute atomic E-state index is 0.0619. The summed E-state index contributed by atoms with van der Waals surface area (Å²) in [7, 11) is 0. The van der Waals surface area contributed by atoms with Gasteiger partial charge in [0, 0.05) is 6.54 Å². The second-order valence-corrected chi connectivity index (χ2v) is 3.75. The number of para-hydroxylation sites is 1. The third-order valence-electron chi connectivity index (χ3n) is 2.34. The highest BCUT2D eigenvalue weighted by Crippen LogP contribution is 2.04. The van der Waals surface area contributed by atoms with E-state index >= 15 is 0 Å². The molecular weight excluding hydrogens is 248 g/mol. The lowest BCUT2D eigenvalue weighted by Crippen LogP contribution is -2.26. The van der Waals surface area contributed by atoms with Crippen molar-refractivity contribution in [2.75, 3.05) is 6.54 Å². The molecule has 7 nitrogen and oxygen atoms in total. The maximum atomic E-state index is 11.7. The molecule has 2 rings (SSSR count). The number of benzene rings is 1. The molecule has 0 saturated carbocycles. The van der Waals surface area contributed by atoms with Crippen molar-refractivity contribution in [2.24, 2.45) is 0 Å². The standard InChI is InChI=1S/C12H12N4O3/c17-11(18)6-7-13-12(19)10-8-14-16(15-10)9-4-2-1-3-5-9/h1-5,8H,6-7H2,(H,13,19)(H,17,18). The molecule has 1 aromatic carbocycles. The van der Waals surface area contributed by atoms with Crippen LogP contribution in [0.5, 0.6) is 0 Å². The Hall–Kier alpha value is -2.70. The van der Waals surface area contributed by atoms with Gasteiger partial charge in [-0.05, 0) is 12.1 Å². The van der Waals surface area contributed by atoms with E-state index in [9.17, 15) is 9.59 Å². The fourth-order valence-corrected chi connectivity index (χ4v) is 1.43. The molecule has 2 N–H and O–H groups in total. The van der Waals surface area contributed by atoms with Gasteiger partial charge in [-0.1, -0.05) is 18.2 Å². The Kier molecular flexibility index (Phi) is 3.87. The predicted molar refractivity (Wildman–Crippen MR) is 65.9 cm³/mol. The molecular formula is C12H12N4O3. The average molecular weight is 260 g/mol. The summed E-state index contributed by atoms with van der Waals surface area (Å²) >= 11 is 0. The summed E-state index contributed by atoms with van der Waals surface area (Å²) in [5.41, 5.74) is 0.890. The first-order valence-electron chi connectivity index (χ1n) is 5.64. The van der Waals surface area contributed by atoms with Crippen molar-refractivity contribution in [1.29, 1.82) is 0 Å². The van der Waals surface area contributed by atoms with Gasteiger partial charge in [0.15, 0.2) is 5.69 Å². The van der Waals surface area contributed by atoms with Crippen LogP contribution >= 0.6 is 0 Å². The molecule has 1 heterocycles. The van der Waals surface area contributed by atoms with Crippen molar-refractivity contribution in [3.8, 4) is 5.69 Å². The Morgan fingerprint density at radius 2 is 2.00 bits per heavy atom. The highest BCUT2D eigenvalue weighted by Gasteiger charge is 2.11. The zero-order chi connectivity index (χ0) is 13.7. The van der Waals surface area contributed by atoms with Gasteiger partial charge in [-0.2, -0.15) is 9.90 Å². The fraction of sp³-hybridized carbons (Fsp3) is 0.167. The lowest BCUT2D eigenvalue weighted by Gasteiger charge is -2.00. The first kappa shape index (κ1) is 12.7. The van der Waals surface area contributed by atoms with E-state index in [1.807, 2.05) is 30.3 Å². The largest absolute Gasteiger partial charge is 0.481 e. The summed E-state index contributed by atoms with van der Waals surface area (Å²) in [6.07, 6.45) is 1.21. The first-order chi connectivity index (χ1) is 9.16. The van der Waals surface area contributed by atoms with Gasteiger partial charge in [-0.3, -0.25) is 9.59 Å². The maximum absolute atomic E-state index is 11.7. The monoisotopic (exact) mass is 260 g/mol. The molecule has 0 bridgehead atoms. The molecule has 1 aromatic heterocycles. The molecule has 0 spiro atoms. The smallest absolute Gasteiger partial charge is 0.305 e. The summed E-state index contributed by atoms with van der Waals surface area (Å²) in [6, 6.07) is 9.17. The van der Waals surface area contributed by atoms with Crippen LogP contribution in [-0.2, 0) is 4.79 Å². The number of hydrogen-bond acceptors (Lipinski definition) is 4. The van der Waals surface area contributed by atoms with E-state index in [2.05, 4.69) is 15.5 Å². The van der Waals surface area contributed by atoms with Crippen LogP contribution in [0.4, 0.5) is 0 Å². The van der Waals surface area contributed by atoms with Crippen molar-refractivity contribution in [1.82, 2.24) is 20.3 Å². The third-order valence-corrected chi connectivity index (χ3v) is 2.34. The quantitative estimate of drug-likeness (QED) is 0.814. The van der Waals surface area contributed by atoms with Crippen LogP contribution in [0.2, 0.25) is 0 Å². The predicted octanol–water partition coefficient (Wildman–Crippen LogP) is 0.472. The Morgan fingerprint density at radius 3 is 2.68 bits per heavy atom. The zero-order valence-electron chi connectivity index (χ0n) is 9.98. The van der Waals surface area contributed by atoms with E-state index in [0.717, 1.165) is 5.69 Å². The number of carbonyl (C=O) groups is 2. The number of aliphatic carboxylic acids is 1. The van der Waals surface area contributed by atoms with Gasteiger partial charge in [0.25, 0.3) is 5.91 Å². The highest BCUT2D eigenvalue weighted by molar-refractivity contribution is 5.92. The Balaban J connectivity index is 2.01. The van der Waals surface area contributed by atoms with Crippen LogP contribution in [0.15, 0.2) is 36.5 Å². The maximum Gasteiger partial charge on any atom is 0.305 e. The molecule has 0 unspecified atom stereocenters. The Bertz CT molecular complexity index is 580. The summed E-state index contributed by atoms with van der Waals surface area (Å²) in [6.45, 7) is 0.0619. The van der Waals surface area contributed by atoms with Gasteiger partial charge in [0.05, 0.1) is 18.3 Å². The van der Waals surface area contributed by atoms with Crippen LogP contribution in [-0.4, -0.2) is 38.5 Å². The van der Waals surface area contributed by atoms with Gasteiger partial charge < -0.3 is 10.4 Å². The fourth-order valence-electron chi connectivity index (χ4n) is 1.43. The molecule has 0 radical (unpaired) electrons. The molecule has 7 heteroatoms. The number of amides is 1. The lowest BCUT2D eigenvalue weighted by molar-refractivity contribution is -0.136. The van der Waals surface area contributed by atoms with Crippen molar-refractivity contribution in [3.63, 3.8) is 0 Å². The number of carboxylic acids is 1. The highest BCUT2D eigenvalue weighted by atomic mass is 16.4. The molecule has 0 aliphatic carbocycles. The van der Waals surface area contributed by atoms with Crippen LogP contribution in [0, 0.1) is 0 Å². The van der Waals surface area contributed by atoms with Gasteiger partial charge in [-0.15, -0.1) is 5.10 Å². The molecule has 98 valence electrons. The molecule has 0 saturated heterocycles. The van der Waals surface area contributed by atoms with Crippen LogP contribution in [0.25, 0.3) is 5.69 Å². The van der Waals surface area contributed by atoms with E-state index in [0.29, 0.717) is 0 Å². The van der Waals surface area contributed by atoms with E-state index < -0.39 is 11.9 Å². The summed E-state index contributed by atoms with van der Waals surface area (Å²) in [5.74, 6) is -1.41. The SMILES string of the molecule is O=C(O)CCNC(=O)c1cnn(-c2ccccc2)n1. The number of nitrogens with zero attached hydrogens (tertiary/aromatic N) is 3. The number of aromatic nitrogens is 3. The Morgan fingerprint density at radius 1 is 1.26 bits per heavy atom.